The van der Waals surface area contributed by atoms with E-state index in [1.54, 1.807) is 0 Å². The number of aromatic amines is 1. The summed E-state index contributed by atoms with van der Waals surface area (Å²) in [5, 5.41) is 8.81. The van der Waals surface area contributed by atoms with Gasteiger partial charge in [-0.15, -0.1) is 0 Å². The van der Waals surface area contributed by atoms with Crippen LogP contribution in [-0.4, -0.2) is 16.9 Å². The standard InChI is InChI=1S/C28H27N3O2/c1-19(20-9-3-2-4-10-20)31-28(32)26(16-22-17-29-25-13-7-6-12-24(22)25)30-18-23-15-21-11-5-8-14-27(21)33-23/h2-15,17,19,26,29-30H,16,18H2,1H3,(H,31,32)/t19-,26+/m0/s1. The monoisotopic (exact) mass is 437 g/mol. The fourth-order valence-corrected chi connectivity index (χ4v) is 4.26. The van der Waals surface area contributed by atoms with Crippen molar-refractivity contribution in [3.05, 3.63) is 108 Å². The fourth-order valence-electron chi connectivity index (χ4n) is 4.26. The molecule has 166 valence electrons. The first-order valence-electron chi connectivity index (χ1n) is 11.3. The van der Waals surface area contributed by atoms with E-state index in [1.807, 2.05) is 92.0 Å². The van der Waals surface area contributed by atoms with Gasteiger partial charge in [0.25, 0.3) is 0 Å². The van der Waals surface area contributed by atoms with Crippen molar-refractivity contribution in [2.24, 2.45) is 0 Å². The Morgan fingerprint density at radius 2 is 1.73 bits per heavy atom. The van der Waals surface area contributed by atoms with E-state index in [0.29, 0.717) is 13.0 Å². The molecule has 1 amide bonds. The van der Waals surface area contributed by atoms with Gasteiger partial charge in [0.1, 0.15) is 11.3 Å². The molecule has 2 heterocycles. The van der Waals surface area contributed by atoms with Crippen LogP contribution in [0.4, 0.5) is 0 Å². The lowest BCUT2D eigenvalue weighted by Crippen LogP contribution is -2.46. The van der Waals surface area contributed by atoms with Gasteiger partial charge < -0.3 is 14.7 Å². The molecule has 3 aromatic carbocycles. The number of para-hydroxylation sites is 2. The van der Waals surface area contributed by atoms with Gasteiger partial charge >= 0.3 is 0 Å². The van der Waals surface area contributed by atoms with E-state index >= 15 is 0 Å². The fraction of sp³-hybridized carbons (Fsp3) is 0.179. The van der Waals surface area contributed by atoms with Crippen molar-refractivity contribution in [1.82, 2.24) is 15.6 Å². The van der Waals surface area contributed by atoms with Gasteiger partial charge in [-0.05, 0) is 42.7 Å². The second-order valence-electron chi connectivity index (χ2n) is 8.39. The Bertz CT molecular complexity index is 1340. The summed E-state index contributed by atoms with van der Waals surface area (Å²) in [6.07, 6.45) is 2.56. The zero-order valence-electron chi connectivity index (χ0n) is 18.5. The van der Waals surface area contributed by atoms with Crippen molar-refractivity contribution in [2.75, 3.05) is 0 Å². The van der Waals surface area contributed by atoms with Crippen LogP contribution in [0.2, 0.25) is 0 Å². The summed E-state index contributed by atoms with van der Waals surface area (Å²) in [4.78, 5) is 16.7. The highest BCUT2D eigenvalue weighted by Crippen LogP contribution is 2.21. The summed E-state index contributed by atoms with van der Waals surface area (Å²) in [6, 6.07) is 27.6. The summed E-state index contributed by atoms with van der Waals surface area (Å²) in [6.45, 7) is 2.48. The molecule has 0 radical (unpaired) electrons. The minimum atomic E-state index is -0.413. The van der Waals surface area contributed by atoms with Gasteiger partial charge in [0.15, 0.2) is 0 Å². The van der Waals surface area contributed by atoms with Crippen LogP contribution < -0.4 is 10.6 Å². The highest BCUT2D eigenvalue weighted by Gasteiger charge is 2.22. The molecule has 2 atom stereocenters. The molecule has 0 fully saturated rings. The van der Waals surface area contributed by atoms with Crippen molar-refractivity contribution in [2.45, 2.75) is 32.0 Å². The summed E-state index contributed by atoms with van der Waals surface area (Å²) in [5.41, 5.74) is 4.11. The Morgan fingerprint density at radius 3 is 2.58 bits per heavy atom. The molecule has 0 spiro atoms. The zero-order chi connectivity index (χ0) is 22.6. The Labute approximate surface area is 192 Å². The second kappa shape index (κ2) is 9.35. The lowest BCUT2D eigenvalue weighted by atomic mass is 10.0. The van der Waals surface area contributed by atoms with Gasteiger partial charge in [0.05, 0.1) is 18.6 Å². The minimum Gasteiger partial charge on any atom is -0.460 e. The largest absolute Gasteiger partial charge is 0.460 e. The normalized spacial score (nSPS) is 13.2. The topological polar surface area (TPSA) is 70.1 Å². The molecule has 33 heavy (non-hydrogen) atoms. The molecule has 5 rings (SSSR count). The molecule has 5 nitrogen and oxygen atoms in total. The van der Waals surface area contributed by atoms with Gasteiger partial charge in [0.2, 0.25) is 5.91 Å². The van der Waals surface area contributed by atoms with Crippen molar-refractivity contribution >= 4 is 27.8 Å². The SMILES string of the molecule is C[C@H](NC(=O)[C@@H](Cc1c[nH]c2ccccc12)NCc1cc2ccccc2o1)c1ccccc1. The maximum Gasteiger partial charge on any atom is 0.237 e. The predicted octanol–water partition coefficient (Wildman–Crippen LogP) is 5.49. The number of fused-ring (bicyclic) bond motifs is 2. The Morgan fingerprint density at radius 1 is 0.970 bits per heavy atom. The summed E-state index contributed by atoms with van der Waals surface area (Å²) in [7, 11) is 0. The number of rotatable bonds is 8. The van der Waals surface area contributed by atoms with Gasteiger partial charge in [0, 0.05) is 22.5 Å². The summed E-state index contributed by atoms with van der Waals surface area (Å²) in [5.74, 6) is 0.775. The number of H-pyrrole nitrogens is 1. The van der Waals surface area contributed by atoms with Crippen LogP contribution in [0.15, 0.2) is 95.5 Å². The van der Waals surface area contributed by atoms with E-state index in [4.69, 9.17) is 4.42 Å². The van der Waals surface area contributed by atoms with E-state index in [1.165, 1.54) is 0 Å². The van der Waals surface area contributed by atoms with E-state index in [0.717, 1.165) is 38.8 Å². The molecule has 0 aliphatic rings. The molecule has 5 aromatic rings. The minimum absolute atomic E-state index is 0.0345. The molecule has 0 bridgehead atoms. The van der Waals surface area contributed by atoms with Crippen molar-refractivity contribution in [1.29, 1.82) is 0 Å². The van der Waals surface area contributed by atoms with Crippen LogP contribution in [0.25, 0.3) is 21.9 Å². The van der Waals surface area contributed by atoms with E-state index in [9.17, 15) is 4.79 Å². The molecule has 2 aromatic heterocycles. The average Bonchev–Trinajstić information content (AvgIpc) is 3.46. The first-order valence-corrected chi connectivity index (χ1v) is 11.3. The Balaban J connectivity index is 1.36. The third-order valence-electron chi connectivity index (χ3n) is 6.07. The maximum atomic E-state index is 13.4. The zero-order valence-corrected chi connectivity index (χ0v) is 18.5. The molecule has 0 saturated carbocycles. The average molecular weight is 438 g/mol. The number of hydrogen-bond acceptors (Lipinski definition) is 3. The number of furan rings is 1. The smallest absolute Gasteiger partial charge is 0.237 e. The molecule has 0 saturated heterocycles. The highest BCUT2D eigenvalue weighted by atomic mass is 16.3. The molecule has 0 aliphatic carbocycles. The van der Waals surface area contributed by atoms with E-state index < -0.39 is 6.04 Å². The summed E-state index contributed by atoms with van der Waals surface area (Å²) >= 11 is 0. The quantitative estimate of drug-likeness (QED) is 0.301. The third-order valence-corrected chi connectivity index (χ3v) is 6.07. The Hall–Kier alpha value is -3.83. The van der Waals surface area contributed by atoms with Crippen LogP contribution in [0.1, 0.15) is 29.9 Å². The number of carbonyl (C=O) groups is 1. The van der Waals surface area contributed by atoms with Gasteiger partial charge in [-0.1, -0.05) is 66.7 Å². The third kappa shape index (κ3) is 4.69. The predicted molar refractivity (Wildman–Crippen MR) is 132 cm³/mol. The molecular formula is C28H27N3O2. The molecule has 5 heteroatoms. The number of carbonyl (C=O) groups excluding carboxylic acids is 1. The van der Waals surface area contributed by atoms with Gasteiger partial charge in [-0.2, -0.15) is 0 Å². The summed E-state index contributed by atoms with van der Waals surface area (Å²) < 4.78 is 5.95. The number of hydrogen-bond donors (Lipinski definition) is 3. The van der Waals surface area contributed by atoms with Crippen molar-refractivity contribution < 1.29 is 9.21 Å². The molecule has 0 aliphatic heterocycles. The van der Waals surface area contributed by atoms with Crippen LogP contribution in [0.5, 0.6) is 0 Å². The van der Waals surface area contributed by atoms with Crippen LogP contribution >= 0.6 is 0 Å². The number of aromatic nitrogens is 1. The Kier molecular flexibility index (Phi) is 5.96. The van der Waals surface area contributed by atoms with Crippen molar-refractivity contribution in [3.63, 3.8) is 0 Å². The lowest BCUT2D eigenvalue weighted by Gasteiger charge is -2.21. The van der Waals surface area contributed by atoms with Crippen LogP contribution in [0, 0.1) is 0 Å². The van der Waals surface area contributed by atoms with E-state index in [2.05, 4.69) is 21.7 Å². The first-order chi connectivity index (χ1) is 16.2. The van der Waals surface area contributed by atoms with Crippen molar-refractivity contribution in [3.8, 4) is 0 Å². The van der Waals surface area contributed by atoms with Crippen LogP contribution in [0.3, 0.4) is 0 Å². The van der Waals surface area contributed by atoms with Gasteiger partial charge in [-0.3, -0.25) is 10.1 Å². The molecule has 3 N–H and O–H groups in total. The number of benzene rings is 3. The second-order valence-corrected chi connectivity index (χ2v) is 8.39. The van der Waals surface area contributed by atoms with Crippen LogP contribution in [-0.2, 0) is 17.8 Å². The number of nitrogens with one attached hydrogen (secondary N) is 3. The molecular weight excluding hydrogens is 410 g/mol. The van der Waals surface area contributed by atoms with Gasteiger partial charge in [-0.25, -0.2) is 0 Å². The first kappa shape index (κ1) is 21.0. The maximum absolute atomic E-state index is 13.4. The highest BCUT2D eigenvalue weighted by molar-refractivity contribution is 5.86. The van der Waals surface area contributed by atoms with E-state index in [-0.39, 0.29) is 11.9 Å². The molecule has 0 unspecified atom stereocenters. The number of amides is 1. The lowest BCUT2D eigenvalue weighted by molar-refractivity contribution is -0.123.